The van der Waals surface area contributed by atoms with Crippen LogP contribution >= 0.6 is 0 Å². The largest absolute Gasteiger partial charge is 0.454 e. The third-order valence-electron chi connectivity index (χ3n) is 2.17. The van der Waals surface area contributed by atoms with Gasteiger partial charge in [-0.15, -0.1) is 0 Å². The van der Waals surface area contributed by atoms with Gasteiger partial charge in [-0.05, 0) is 19.1 Å². The van der Waals surface area contributed by atoms with Crippen LogP contribution in [0.15, 0.2) is 24.3 Å². The first-order chi connectivity index (χ1) is 7.77. The molecule has 1 atom stereocenters. The molecule has 16 heavy (non-hydrogen) atoms. The Hall–Kier alpha value is -2.22. The fourth-order valence-corrected chi connectivity index (χ4v) is 1.53. The fraction of sp³-hybridized carbons (Fsp3) is 0.273. The second kappa shape index (κ2) is 4.11. The second-order valence-electron chi connectivity index (χ2n) is 3.14. The number of para-hydroxylation sites is 2. The van der Waals surface area contributed by atoms with E-state index >= 15 is 0 Å². The Bertz CT molecular complexity index is 453. The highest BCUT2D eigenvalue weighted by atomic mass is 16.6. The van der Waals surface area contributed by atoms with Crippen molar-refractivity contribution in [2.45, 2.75) is 13.2 Å². The topological polar surface area (TPSA) is 62.6 Å². The number of hydrogen-bond donors (Lipinski definition) is 0. The minimum Gasteiger partial charge on any atom is -0.454 e. The summed E-state index contributed by atoms with van der Waals surface area (Å²) in [6, 6.07) is 8.87. The van der Waals surface area contributed by atoms with E-state index in [1.54, 1.807) is 31.2 Å². The zero-order valence-electron chi connectivity index (χ0n) is 8.71. The number of hydrogen-bond acceptors (Lipinski definition) is 4. The van der Waals surface area contributed by atoms with Crippen LogP contribution in [0.25, 0.3) is 0 Å². The first-order valence-electron chi connectivity index (χ1n) is 4.89. The van der Waals surface area contributed by atoms with E-state index in [4.69, 9.17) is 14.7 Å². The molecule has 0 radical (unpaired) electrons. The van der Waals surface area contributed by atoms with Crippen molar-refractivity contribution in [3.05, 3.63) is 24.3 Å². The van der Waals surface area contributed by atoms with Crippen molar-refractivity contribution < 1.29 is 14.3 Å². The monoisotopic (exact) mass is 218 g/mol. The molecule has 5 heteroatoms. The van der Waals surface area contributed by atoms with E-state index in [0.717, 1.165) is 0 Å². The molecule has 1 aromatic rings. The van der Waals surface area contributed by atoms with Crippen molar-refractivity contribution in [2.75, 3.05) is 11.5 Å². The van der Waals surface area contributed by atoms with E-state index in [2.05, 4.69) is 0 Å². The van der Waals surface area contributed by atoms with Gasteiger partial charge in [0.1, 0.15) is 11.8 Å². The Morgan fingerprint density at radius 2 is 2.38 bits per heavy atom. The maximum Gasteiger partial charge on any atom is 0.418 e. The van der Waals surface area contributed by atoms with Gasteiger partial charge in [0.25, 0.3) is 6.23 Å². The molecule has 0 unspecified atom stereocenters. The van der Waals surface area contributed by atoms with Crippen LogP contribution in [0.1, 0.15) is 6.92 Å². The van der Waals surface area contributed by atoms with Crippen LogP contribution in [0.3, 0.4) is 0 Å². The minimum absolute atomic E-state index is 0.260. The van der Waals surface area contributed by atoms with Crippen LogP contribution in [-0.4, -0.2) is 18.9 Å². The molecule has 0 bridgehead atoms. The molecular weight excluding hydrogens is 208 g/mol. The number of carbonyl (C=O) groups is 1. The highest BCUT2D eigenvalue weighted by Crippen LogP contribution is 2.36. The molecule has 0 fully saturated rings. The van der Waals surface area contributed by atoms with E-state index in [9.17, 15) is 4.79 Å². The summed E-state index contributed by atoms with van der Waals surface area (Å²) in [7, 11) is 0. The molecule has 5 nitrogen and oxygen atoms in total. The molecule has 1 aliphatic heterocycles. The van der Waals surface area contributed by atoms with E-state index in [0.29, 0.717) is 11.4 Å². The van der Waals surface area contributed by atoms with Gasteiger partial charge < -0.3 is 9.47 Å². The average molecular weight is 218 g/mol. The van der Waals surface area contributed by atoms with Crippen LogP contribution < -0.4 is 9.64 Å². The SMILES string of the molecule is CCOC(=O)N1c2ccccc2O[C@H]1C#N. The van der Waals surface area contributed by atoms with Gasteiger partial charge in [0.15, 0.2) is 0 Å². The fourth-order valence-electron chi connectivity index (χ4n) is 1.53. The lowest BCUT2D eigenvalue weighted by atomic mass is 10.3. The van der Waals surface area contributed by atoms with E-state index in [1.165, 1.54) is 4.90 Å². The molecule has 2 rings (SSSR count). The van der Waals surface area contributed by atoms with Crippen molar-refractivity contribution in [1.29, 1.82) is 5.26 Å². The summed E-state index contributed by atoms with van der Waals surface area (Å²) >= 11 is 0. The zero-order chi connectivity index (χ0) is 11.5. The summed E-state index contributed by atoms with van der Waals surface area (Å²) in [4.78, 5) is 12.9. The minimum atomic E-state index is -0.948. The summed E-state index contributed by atoms with van der Waals surface area (Å²) in [5, 5.41) is 8.90. The number of ether oxygens (including phenoxy) is 2. The highest BCUT2D eigenvalue weighted by Gasteiger charge is 2.36. The molecule has 0 spiro atoms. The van der Waals surface area contributed by atoms with Crippen LogP contribution in [0.2, 0.25) is 0 Å². The smallest absolute Gasteiger partial charge is 0.418 e. The lowest BCUT2D eigenvalue weighted by Gasteiger charge is -2.16. The lowest BCUT2D eigenvalue weighted by molar-refractivity contribution is 0.151. The zero-order valence-corrected chi connectivity index (χ0v) is 8.71. The van der Waals surface area contributed by atoms with Gasteiger partial charge in [0.05, 0.1) is 12.3 Å². The number of nitriles is 1. The van der Waals surface area contributed by atoms with Gasteiger partial charge in [-0.3, -0.25) is 0 Å². The maximum absolute atomic E-state index is 11.6. The van der Waals surface area contributed by atoms with E-state index in [-0.39, 0.29) is 6.61 Å². The first-order valence-corrected chi connectivity index (χ1v) is 4.89. The number of rotatable bonds is 1. The normalized spacial score (nSPS) is 17.2. The molecular formula is C11H10N2O3. The van der Waals surface area contributed by atoms with E-state index in [1.807, 2.05) is 6.07 Å². The summed E-state index contributed by atoms with van der Waals surface area (Å²) in [6.45, 7) is 1.97. The Morgan fingerprint density at radius 1 is 1.62 bits per heavy atom. The standard InChI is InChI=1S/C11H10N2O3/c1-2-15-11(14)13-8-5-3-4-6-9(8)16-10(13)7-12/h3-6,10H,2H2,1H3/t10-/m0/s1. The molecule has 0 aromatic heterocycles. The Kier molecular flexibility index (Phi) is 2.64. The lowest BCUT2D eigenvalue weighted by Crippen LogP contribution is -2.39. The number of nitrogens with zero attached hydrogens (tertiary/aromatic N) is 2. The van der Waals surface area contributed by atoms with Crippen LogP contribution in [0.5, 0.6) is 5.75 Å². The van der Waals surface area contributed by atoms with E-state index < -0.39 is 12.3 Å². The maximum atomic E-state index is 11.6. The Balaban J connectivity index is 2.35. The number of fused-ring (bicyclic) bond motifs is 1. The van der Waals surface area contributed by atoms with Gasteiger partial charge in [0.2, 0.25) is 0 Å². The molecule has 1 amide bonds. The number of carbonyl (C=O) groups excluding carboxylic acids is 1. The number of benzene rings is 1. The summed E-state index contributed by atoms with van der Waals surface area (Å²) < 4.78 is 10.2. The summed E-state index contributed by atoms with van der Waals surface area (Å²) in [5.74, 6) is 0.516. The third kappa shape index (κ3) is 1.54. The van der Waals surface area contributed by atoms with Crippen molar-refractivity contribution in [3.63, 3.8) is 0 Å². The van der Waals surface area contributed by atoms with Crippen LogP contribution in [0, 0.1) is 11.3 Å². The molecule has 1 aliphatic rings. The molecule has 0 N–H and O–H groups in total. The Morgan fingerprint density at radius 3 is 3.06 bits per heavy atom. The average Bonchev–Trinajstić information content (AvgIpc) is 2.67. The van der Waals surface area contributed by atoms with Gasteiger partial charge in [-0.2, -0.15) is 5.26 Å². The molecule has 0 saturated carbocycles. The molecule has 82 valence electrons. The van der Waals surface area contributed by atoms with Gasteiger partial charge >= 0.3 is 6.09 Å². The van der Waals surface area contributed by atoms with Gasteiger partial charge in [-0.25, -0.2) is 9.69 Å². The quantitative estimate of drug-likeness (QED) is 0.722. The van der Waals surface area contributed by atoms with Crippen molar-refractivity contribution in [1.82, 2.24) is 0 Å². The Labute approximate surface area is 92.8 Å². The van der Waals surface area contributed by atoms with Crippen LogP contribution in [-0.2, 0) is 4.74 Å². The van der Waals surface area contributed by atoms with Gasteiger partial charge in [-0.1, -0.05) is 12.1 Å². The summed E-state index contributed by atoms with van der Waals surface area (Å²) in [6.07, 6.45) is -1.52. The summed E-state index contributed by atoms with van der Waals surface area (Å²) in [5.41, 5.74) is 0.563. The predicted molar refractivity (Wildman–Crippen MR) is 56.0 cm³/mol. The molecule has 1 aromatic carbocycles. The molecule has 0 aliphatic carbocycles. The van der Waals surface area contributed by atoms with Crippen LogP contribution in [0.4, 0.5) is 10.5 Å². The highest BCUT2D eigenvalue weighted by molar-refractivity contribution is 5.92. The first kappa shape index (κ1) is 10.3. The van der Waals surface area contributed by atoms with Crippen molar-refractivity contribution in [2.24, 2.45) is 0 Å². The molecule has 0 saturated heterocycles. The number of amides is 1. The predicted octanol–water partition coefficient (Wildman–Crippen LogP) is 1.89. The third-order valence-corrected chi connectivity index (χ3v) is 2.17. The van der Waals surface area contributed by atoms with Crippen molar-refractivity contribution in [3.8, 4) is 11.8 Å². The molecule has 1 heterocycles. The number of anilines is 1. The van der Waals surface area contributed by atoms with Gasteiger partial charge in [0, 0.05) is 0 Å². The second-order valence-corrected chi connectivity index (χ2v) is 3.14. The van der Waals surface area contributed by atoms with Crippen molar-refractivity contribution >= 4 is 11.8 Å².